The van der Waals surface area contributed by atoms with Crippen LogP contribution in [0.1, 0.15) is 12.6 Å². The van der Waals surface area contributed by atoms with Gasteiger partial charge in [0.1, 0.15) is 10.0 Å². The third-order valence-electron chi connectivity index (χ3n) is 2.67. The molecule has 22 heavy (non-hydrogen) atoms. The topological polar surface area (TPSA) is 96.0 Å². The number of thiophene rings is 1. The first-order chi connectivity index (χ1) is 10.5. The number of hydrogen-bond donors (Lipinski definition) is 3. The van der Waals surface area contributed by atoms with Gasteiger partial charge in [-0.3, -0.25) is 0 Å². The number of anilines is 2. The molecule has 2 aromatic rings. The van der Waals surface area contributed by atoms with Crippen LogP contribution in [0.2, 0.25) is 0 Å². The number of hydrogen-bond acceptors (Lipinski definition) is 7. The standard InChI is InChI=1S/C13H19N5O2S2/c1-3-14-11-9-10(2)17-13(18-11)15-6-7-16-22(19,20)12-5-4-8-21-12/h4-5,8-9,16H,3,6-7H2,1-2H3,(H2,14,15,17,18). The predicted octanol–water partition coefficient (Wildman–Crippen LogP) is 1.67. The molecule has 0 radical (unpaired) electrons. The quantitative estimate of drug-likeness (QED) is 0.632. The number of rotatable bonds is 8. The number of aromatic nitrogens is 2. The molecule has 2 heterocycles. The highest BCUT2D eigenvalue weighted by molar-refractivity contribution is 7.91. The Kier molecular flexibility index (Phi) is 5.69. The second-order valence-electron chi connectivity index (χ2n) is 4.51. The van der Waals surface area contributed by atoms with Crippen molar-refractivity contribution in [3.63, 3.8) is 0 Å². The maximum Gasteiger partial charge on any atom is 0.250 e. The fourth-order valence-electron chi connectivity index (χ4n) is 1.77. The Balaban J connectivity index is 1.86. The summed E-state index contributed by atoms with van der Waals surface area (Å²) in [6.45, 7) is 5.31. The summed E-state index contributed by atoms with van der Waals surface area (Å²) in [4.78, 5) is 8.56. The van der Waals surface area contributed by atoms with E-state index >= 15 is 0 Å². The Labute approximate surface area is 134 Å². The van der Waals surface area contributed by atoms with Crippen molar-refractivity contribution in [1.29, 1.82) is 0 Å². The summed E-state index contributed by atoms with van der Waals surface area (Å²) in [5.41, 5.74) is 0.840. The first-order valence-corrected chi connectivity index (χ1v) is 9.24. The molecule has 0 aromatic carbocycles. The van der Waals surface area contributed by atoms with E-state index < -0.39 is 10.0 Å². The van der Waals surface area contributed by atoms with Gasteiger partial charge in [-0.15, -0.1) is 11.3 Å². The van der Waals surface area contributed by atoms with Crippen LogP contribution in [0, 0.1) is 6.92 Å². The van der Waals surface area contributed by atoms with Crippen LogP contribution in [0.15, 0.2) is 27.8 Å². The van der Waals surface area contributed by atoms with Crippen LogP contribution < -0.4 is 15.4 Å². The first kappa shape index (κ1) is 16.7. The first-order valence-electron chi connectivity index (χ1n) is 6.88. The third-order valence-corrected chi connectivity index (χ3v) is 5.53. The van der Waals surface area contributed by atoms with Crippen molar-refractivity contribution in [3.05, 3.63) is 29.3 Å². The summed E-state index contributed by atoms with van der Waals surface area (Å²) >= 11 is 1.19. The molecule has 0 amide bonds. The van der Waals surface area contributed by atoms with Crippen molar-refractivity contribution < 1.29 is 8.42 Å². The van der Waals surface area contributed by atoms with Gasteiger partial charge in [0.25, 0.3) is 0 Å². The Morgan fingerprint density at radius 2 is 2.05 bits per heavy atom. The molecule has 0 aliphatic carbocycles. The Morgan fingerprint density at radius 1 is 1.23 bits per heavy atom. The molecule has 0 bridgehead atoms. The van der Waals surface area contributed by atoms with Crippen molar-refractivity contribution in [2.45, 2.75) is 18.1 Å². The summed E-state index contributed by atoms with van der Waals surface area (Å²) in [6, 6.07) is 5.14. The average Bonchev–Trinajstić information content (AvgIpc) is 2.98. The van der Waals surface area contributed by atoms with Crippen LogP contribution in [0.4, 0.5) is 11.8 Å². The van der Waals surface area contributed by atoms with Gasteiger partial charge in [0, 0.05) is 31.4 Å². The van der Waals surface area contributed by atoms with Crippen molar-refractivity contribution in [2.75, 3.05) is 30.3 Å². The zero-order valence-electron chi connectivity index (χ0n) is 12.5. The van der Waals surface area contributed by atoms with Crippen molar-refractivity contribution in [3.8, 4) is 0 Å². The molecule has 3 N–H and O–H groups in total. The Morgan fingerprint density at radius 3 is 2.73 bits per heavy atom. The van der Waals surface area contributed by atoms with Crippen LogP contribution >= 0.6 is 11.3 Å². The van der Waals surface area contributed by atoms with Gasteiger partial charge in [-0.25, -0.2) is 18.1 Å². The van der Waals surface area contributed by atoms with Gasteiger partial charge in [-0.2, -0.15) is 4.98 Å². The summed E-state index contributed by atoms with van der Waals surface area (Å²) < 4.78 is 26.7. The SMILES string of the molecule is CCNc1cc(C)nc(NCCNS(=O)(=O)c2cccs2)n1. The summed E-state index contributed by atoms with van der Waals surface area (Å²) in [5, 5.41) is 7.87. The van der Waals surface area contributed by atoms with Gasteiger partial charge >= 0.3 is 0 Å². The van der Waals surface area contributed by atoms with Crippen LogP contribution in [0.3, 0.4) is 0 Å². The van der Waals surface area contributed by atoms with Gasteiger partial charge in [-0.05, 0) is 25.3 Å². The lowest BCUT2D eigenvalue weighted by Crippen LogP contribution is -2.28. The Hall–Kier alpha value is -1.71. The van der Waals surface area contributed by atoms with Gasteiger partial charge in [0.2, 0.25) is 16.0 Å². The van der Waals surface area contributed by atoms with Gasteiger partial charge < -0.3 is 10.6 Å². The number of nitrogens with zero attached hydrogens (tertiary/aromatic N) is 2. The largest absolute Gasteiger partial charge is 0.370 e. The normalized spacial score (nSPS) is 11.4. The van der Waals surface area contributed by atoms with Crippen molar-refractivity contribution >= 4 is 33.1 Å². The molecule has 120 valence electrons. The van der Waals surface area contributed by atoms with Crippen LogP contribution in [0.25, 0.3) is 0 Å². The van der Waals surface area contributed by atoms with Crippen LogP contribution in [-0.2, 0) is 10.0 Å². The number of aryl methyl sites for hydroxylation is 1. The molecule has 0 aliphatic rings. The van der Waals surface area contributed by atoms with Crippen molar-refractivity contribution in [1.82, 2.24) is 14.7 Å². The molecule has 0 atom stereocenters. The second-order valence-corrected chi connectivity index (χ2v) is 7.45. The molecule has 7 nitrogen and oxygen atoms in total. The summed E-state index contributed by atoms with van der Waals surface area (Å²) in [5.74, 6) is 1.22. The molecule has 0 saturated heterocycles. The van der Waals surface area contributed by atoms with E-state index in [2.05, 4.69) is 25.3 Å². The second kappa shape index (κ2) is 7.52. The molecular weight excluding hydrogens is 322 g/mol. The molecule has 0 spiro atoms. The van der Waals surface area contributed by atoms with E-state index in [0.29, 0.717) is 16.7 Å². The molecule has 0 fully saturated rings. The monoisotopic (exact) mass is 341 g/mol. The molecule has 2 aromatic heterocycles. The fourth-order valence-corrected chi connectivity index (χ4v) is 3.84. The van der Waals surface area contributed by atoms with E-state index in [9.17, 15) is 8.42 Å². The van der Waals surface area contributed by atoms with E-state index in [1.807, 2.05) is 19.9 Å². The number of sulfonamides is 1. The number of nitrogens with one attached hydrogen (secondary N) is 3. The predicted molar refractivity (Wildman–Crippen MR) is 88.9 cm³/mol. The highest BCUT2D eigenvalue weighted by Crippen LogP contribution is 2.15. The Bertz CT molecular complexity index is 701. The van der Waals surface area contributed by atoms with E-state index in [1.165, 1.54) is 11.3 Å². The van der Waals surface area contributed by atoms with E-state index in [0.717, 1.165) is 18.1 Å². The molecular formula is C13H19N5O2S2. The molecule has 2 rings (SSSR count). The van der Waals surface area contributed by atoms with E-state index in [1.54, 1.807) is 17.5 Å². The van der Waals surface area contributed by atoms with Gasteiger partial charge in [-0.1, -0.05) is 6.07 Å². The molecule has 9 heteroatoms. The lowest BCUT2D eigenvalue weighted by atomic mass is 10.4. The van der Waals surface area contributed by atoms with Crippen molar-refractivity contribution in [2.24, 2.45) is 0 Å². The molecule has 0 unspecified atom stereocenters. The van der Waals surface area contributed by atoms with Gasteiger partial charge in [0.15, 0.2) is 0 Å². The van der Waals surface area contributed by atoms with E-state index in [4.69, 9.17) is 0 Å². The van der Waals surface area contributed by atoms with Gasteiger partial charge in [0.05, 0.1) is 0 Å². The molecule has 0 aliphatic heterocycles. The maximum atomic E-state index is 11.9. The summed E-state index contributed by atoms with van der Waals surface area (Å²) in [6.07, 6.45) is 0. The lowest BCUT2D eigenvalue weighted by Gasteiger charge is -2.09. The minimum absolute atomic E-state index is 0.258. The van der Waals surface area contributed by atoms with Crippen LogP contribution in [0.5, 0.6) is 0 Å². The highest BCUT2D eigenvalue weighted by Gasteiger charge is 2.13. The molecule has 0 saturated carbocycles. The minimum Gasteiger partial charge on any atom is -0.370 e. The average molecular weight is 341 g/mol. The highest BCUT2D eigenvalue weighted by atomic mass is 32.2. The fraction of sp³-hybridized carbons (Fsp3) is 0.385. The third kappa shape index (κ3) is 4.65. The summed E-state index contributed by atoms with van der Waals surface area (Å²) in [7, 11) is -3.42. The van der Waals surface area contributed by atoms with Crippen LogP contribution in [-0.4, -0.2) is 38.0 Å². The minimum atomic E-state index is -3.42. The lowest BCUT2D eigenvalue weighted by molar-refractivity contribution is 0.585. The zero-order chi connectivity index (χ0) is 16.0. The maximum absolute atomic E-state index is 11.9. The smallest absolute Gasteiger partial charge is 0.250 e. The zero-order valence-corrected chi connectivity index (χ0v) is 14.1. The van der Waals surface area contributed by atoms with E-state index in [-0.39, 0.29) is 6.54 Å².